The SMILES string of the molecule is C=C(C)C(=O)OCCCCCCOc1ccc(C(=O)OOC)c(C)c1. The Balaban J connectivity index is 2.20. The Hall–Kier alpha value is -2.34. The molecule has 0 unspecified atom stereocenters. The molecule has 0 N–H and O–H groups in total. The maximum atomic E-state index is 11.6. The Labute approximate surface area is 148 Å². The van der Waals surface area contributed by atoms with Gasteiger partial charge >= 0.3 is 11.9 Å². The highest BCUT2D eigenvalue weighted by Crippen LogP contribution is 2.18. The van der Waals surface area contributed by atoms with Crippen LogP contribution in [0.25, 0.3) is 0 Å². The van der Waals surface area contributed by atoms with Crippen LogP contribution in [0.1, 0.15) is 48.5 Å². The fourth-order valence-corrected chi connectivity index (χ4v) is 2.11. The van der Waals surface area contributed by atoms with Crippen LogP contribution < -0.4 is 4.74 Å². The smallest absolute Gasteiger partial charge is 0.373 e. The van der Waals surface area contributed by atoms with Crippen molar-refractivity contribution < 1.29 is 28.8 Å². The number of unbranched alkanes of at least 4 members (excludes halogenated alkanes) is 3. The second-order valence-electron chi connectivity index (χ2n) is 5.69. The minimum atomic E-state index is -0.529. The standard InChI is InChI=1S/C19H26O6/c1-14(2)18(20)24-12-8-6-5-7-11-23-16-9-10-17(15(3)13-16)19(21)25-22-4/h9-10,13H,1,5-8,11-12H2,2-4H3. The van der Waals surface area contributed by atoms with E-state index in [9.17, 15) is 9.59 Å². The molecule has 1 aromatic carbocycles. The van der Waals surface area contributed by atoms with Gasteiger partial charge in [0.05, 0.1) is 25.9 Å². The maximum Gasteiger partial charge on any atom is 0.373 e. The van der Waals surface area contributed by atoms with E-state index in [1.54, 1.807) is 25.1 Å². The molecule has 0 bridgehead atoms. The number of benzene rings is 1. The van der Waals surface area contributed by atoms with Crippen molar-refractivity contribution in [2.75, 3.05) is 20.3 Å². The fourth-order valence-electron chi connectivity index (χ4n) is 2.11. The summed E-state index contributed by atoms with van der Waals surface area (Å²) in [4.78, 5) is 31.7. The lowest BCUT2D eigenvalue weighted by atomic mass is 10.1. The Morgan fingerprint density at radius 1 is 1.08 bits per heavy atom. The van der Waals surface area contributed by atoms with Crippen molar-refractivity contribution in [3.05, 3.63) is 41.5 Å². The normalized spacial score (nSPS) is 10.2. The van der Waals surface area contributed by atoms with Gasteiger partial charge in [-0.1, -0.05) is 6.58 Å². The molecule has 0 aliphatic carbocycles. The summed E-state index contributed by atoms with van der Waals surface area (Å²) in [5, 5.41) is 0. The summed E-state index contributed by atoms with van der Waals surface area (Å²) in [6.07, 6.45) is 3.69. The first kappa shape index (κ1) is 20.7. The number of esters is 1. The molecule has 0 saturated heterocycles. The minimum Gasteiger partial charge on any atom is -0.494 e. The van der Waals surface area contributed by atoms with Crippen LogP contribution in [-0.4, -0.2) is 32.3 Å². The van der Waals surface area contributed by atoms with Gasteiger partial charge in [0.2, 0.25) is 0 Å². The Kier molecular flexibility index (Phi) is 9.32. The van der Waals surface area contributed by atoms with Gasteiger partial charge in [0.15, 0.2) is 0 Å². The summed E-state index contributed by atoms with van der Waals surface area (Å²) >= 11 is 0. The largest absolute Gasteiger partial charge is 0.494 e. The zero-order valence-corrected chi connectivity index (χ0v) is 15.1. The topological polar surface area (TPSA) is 71.1 Å². The van der Waals surface area contributed by atoms with E-state index in [0.29, 0.717) is 30.1 Å². The van der Waals surface area contributed by atoms with E-state index in [1.807, 2.05) is 6.92 Å². The number of carbonyl (C=O) groups is 2. The molecular weight excluding hydrogens is 324 g/mol. The van der Waals surface area contributed by atoms with E-state index in [2.05, 4.69) is 16.4 Å². The zero-order chi connectivity index (χ0) is 18.7. The molecule has 0 amide bonds. The Morgan fingerprint density at radius 3 is 2.36 bits per heavy atom. The first-order chi connectivity index (χ1) is 12.0. The van der Waals surface area contributed by atoms with E-state index >= 15 is 0 Å². The van der Waals surface area contributed by atoms with Crippen LogP contribution in [0.2, 0.25) is 0 Å². The molecular formula is C19H26O6. The lowest BCUT2D eigenvalue weighted by Gasteiger charge is -2.09. The van der Waals surface area contributed by atoms with Crippen molar-refractivity contribution in [1.29, 1.82) is 0 Å². The number of hydrogen-bond acceptors (Lipinski definition) is 6. The molecule has 0 aliphatic heterocycles. The number of hydrogen-bond donors (Lipinski definition) is 0. The summed E-state index contributed by atoms with van der Waals surface area (Å²) < 4.78 is 10.7. The number of aryl methyl sites for hydroxylation is 1. The lowest BCUT2D eigenvalue weighted by Crippen LogP contribution is -2.07. The minimum absolute atomic E-state index is 0.337. The first-order valence-corrected chi connectivity index (χ1v) is 8.26. The molecule has 1 aromatic rings. The number of rotatable bonds is 11. The Bertz CT molecular complexity index is 594. The van der Waals surface area contributed by atoms with Gasteiger partial charge in [-0.25, -0.2) is 9.59 Å². The van der Waals surface area contributed by atoms with Crippen LogP contribution in [0.15, 0.2) is 30.4 Å². The molecule has 0 saturated carbocycles. The van der Waals surface area contributed by atoms with E-state index in [4.69, 9.17) is 9.47 Å². The van der Waals surface area contributed by atoms with Crippen molar-refractivity contribution in [3.8, 4) is 5.75 Å². The van der Waals surface area contributed by atoms with Gasteiger partial charge in [0.25, 0.3) is 0 Å². The third-order valence-electron chi connectivity index (χ3n) is 3.47. The van der Waals surface area contributed by atoms with E-state index in [-0.39, 0.29) is 5.97 Å². The zero-order valence-electron chi connectivity index (χ0n) is 15.1. The molecule has 1 rings (SSSR count). The Morgan fingerprint density at radius 2 is 1.76 bits per heavy atom. The summed E-state index contributed by atoms with van der Waals surface area (Å²) in [5.74, 6) is -0.155. The van der Waals surface area contributed by atoms with Crippen LogP contribution in [-0.2, 0) is 19.3 Å². The van der Waals surface area contributed by atoms with Crippen molar-refractivity contribution in [2.24, 2.45) is 0 Å². The fraction of sp³-hybridized carbons (Fsp3) is 0.474. The molecule has 6 nitrogen and oxygen atoms in total. The molecule has 0 aliphatic rings. The third kappa shape index (κ3) is 7.85. The molecule has 0 atom stereocenters. The first-order valence-electron chi connectivity index (χ1n) is 8.26. The van der Waals surface area contributed by atoms with Crippen LogP contribution in [0.5, 0.6) is 5.75 Å². The molecule has 6 heteroatoms. The second-order valence-corrected chi connectivity index (χ2v) is 5.69. The molecule has 0 aromatic heterocycles. The predicted octanol–water partition coefficient (Wildman–Crippen LogP) is 3.77. The summed E-state index contributed by atoms with van der Waals surface area (Å²) in [6.45, 7) is 7.99. The molecule has 0 radical (unpaired) electrons. The summed E-state index contributed by atoms with van der Waals surface area (Å²) in [5.41, 5.74) is 1.63. The van der Waals surface area contributed by atoms with E-state index in [1.165, 1.54) is 7.11 Å². The van der Waals surface area contributed by atoms with Crippen molar-refractivity contribution >= 4 is 11.9 Å². The monoisotopic (exact) mass is 350 g/mol. The average molecular weight is 350 g/mol. The summed E-state index contributed by atoms with van der Waals surface area (Å²) in [6, 6.07) is 5.18. The van der Waals surface area contributed by atoms with Gasteiger partial charge in [-0.05, 0) is 63.3 Å². The van der Waals surface area contributed by atoms with Crippen LogP contribution in [0, 0.1) is 6.92 Å². The molecule has 138 valence electrons. The number of carbonyl (C=O) groups excluding carboxylic acids is 2. The highest BCUT2D eigenvalue weighted by molar-refractivity contribution is 5.90. The van der Waals surface area contributed by atoms with Gasteiger partial charge in [-0.2, -0.15) is 4.89 Å². The maximum absolute atomic E-state index is 11.6. The van der Waals surface area contributed by atoms with Crippen LogP contribution in [0.4, 0.5) is 0 Å². The van der Waals surface area contributed by atoms with Gasteiger partial charge < -0.3 is 9.47 Å². The average Bonchev–Trinajstić information content (AvgIpc) is 2.57. The number of ether oxygens (including phenoxy) is 2. The predicted molar refractivity (Wildman–Crippen MR) is 93.3 cm³/mol. The molecule has 0 fully saturated rings. The summed E-state index contributed by atoms with van der Waals surface area (Å²) in [7, 11) is 1.29. The van der Waals surface area contributed by atoms with E-state index < -0.39 is 5.97 Å². The van der Waals surface area contributed by atoms with Gasteiger partial charge in [0, 0.05) is 5.57 Å². The van der Waals surface area contributed by atoms with Gasteiger partial charge in [0.1, 0.15) is 5.75 Å². The molecule has 25 heavy (non-hydrogen) atoms. The van der Waals surface area contributed by atoms with Crippen molar-refractivity contribution in [3.63, 3.8) is 0 Å². The lowest BCUT2D eigenvalue weighted by molar-refractivity contribution is -0.216. The van der Waals surface area contributed by atoms with Gasteiger partial charge in [-0.3, -0.25) is 4.89 Å². The van der Waals surface area contributed by atoms with E-state index in [0.717, 1.165) is 31.2 Å². The van der Waals surface area contributed by atoms with Crippen molar-refractivity contribution in [2.45, 2.75) is 39.5 Å². The second kappa shape index (κ2) is 11.3. The van der Waals surface area contributed by atoms with Crippen molar-refractivity contribution in [1.82, 2.24) is 0 Å². The van der Waals surface area contributed by atoms with Gasteiger partial charge in [-0.15, -0.1) is 0 Å². The molecule has 0 heterocycles. The highest BCUT2D eigenvalue weighted by atomic mass is 17.2. The third-order valence-corrected chi connectivity index (χ3v) is 3.47. The van der Waals surface area contributed by atoms with Crippen LogP contribution in [0.3, 0.4) is 0 Å². The molecule has 0 spiro atoms. The van der Waals surface area contributed by atoms with Crippen LogP contribution >= 0.6 is 0 Å². The highest BCUT2D eigenvalue weighted by Gasteiger charge is 2.11. The quantitative estimate of drug-likeness (QED) is 0.199.